The Bertz CT molecular complexity index is 79.3. The van der Waals surface area contributed by atoms with Crippen LogP contribution in [0.25, 0.3) is 0 Å². The van der Waals surface area contributed by atoms with Gasteiger partial charge in [-0.05, 0) is 0 Å². The number of hydrogen-bond donors (Lipinski definition) is 2. The lowest BCUT2D eigenvalue weighted by atomic mass is 10.7. The van der Waals surface area contributed by atoms with Crippen LogP contribution in [-0.2, 0) is 14.3 Å². The number of hydrogen-bond acceptors (Lipinski definition) is 6. The summed E-state index contributed by atoms with van der Waals surface area (Å²) in [6.07, 6.45) is 0. The van der Waals surface area contributed by atoms with E-state index in [2.05, 4.69) is 4.84 Å². The van der Waals surface area contributed by atoms with E-state index in [1.165, 1.54) is 0 Å². The predicted octanol–water partition coefficient (Wildman–Crippen LogP) is -0.339. The van der Waals surface area contributed by atoms with Crippen molar-refractivity contribution in [1.82, 2.24) is 5.39 Å². The quantitative estimate of drug-likeness (QED) is 0.399. The van der Waals surface area contributed by atoms with Gasteiger partial charge in [0.2, 0.25) is 0 Å². The van der Waals surface area contributed by atoms with E-state index >= 15 is 0 Å². The van der Waals surface area contributed by atoms with Gasteiger partial charge >= 0.3 is 0 Å². The minimum absolute atomic E-state index is 0.0940. The minimum atomic E-state index is -0.348. The maximum absolute atomic E-state index is 8.04. The smallest absolute Gasteiger partial charge is 0.0969 e. The molecule has 0 aliphatic carbocycles. The Morgan fingerprint density at radius 3 is 2.27 bits per heavy atom. The summed E-state index contributed by atoms with van der Waals surface area (Å²) in [5, 5.41) is 15.7. The average molecular weight is 167 g/mol. The molecule has 0 atom stereocenters. The summed E-state index contributed by atoms with van der Waals surface area (Å²) in [6, 6.07) is 0. The molecule has 0 aromatic rings. The molecular weight excluding hydrogens is 154 g/mol. The fraction of sp³-hybridized carbons (Fsp3) is 1.00. The third-order valence-corrected chi connectivity index (χ3v) is 0.866. The normalized spacial score (nSPS) is 10.9. The topological polar surface area (TPSA) is 71.4 Å². The monoisotopic (exact) mass is 167 g/mol. The Hall–Kier alpha value is -0.240. The van der Waals surface area contributed by atoms with Gasteiger partial charge in [-0.15, -0.1) is 0 Å². The summed E-state index contributed by atoms with van der Waals surface area (Å²) in [5.41, 5.74) is 0. The number of rotatable bonds is 7. The summed E-state index contributed by atoms with van der Waals surface area (Å²) in [6.45, 7) is 1.37. The van der Waals surface area contributed by atoms with Crippen molar-refractivity contribution in [2.24, 2.45) is 0 Å². The van der Waals surface area contributed by atoms with Gasteiger partial charge in [-0.25, -0.2) is 4.84 Å². The van der Waals surface area contributed by atoms with Crippen molar-refractivity contribution in [3.05, 3.63) is 0 Å². The molecule has 0 bridgehead atoms. The summed E-state index contributed by atoms with van der Waals surface area (Å²) in [5.74, 6) is 0. The van der Waals surface area contributed by atoms with Gasteiger partial charge in [0, 0.05) is 7.11 Å². The molecule has 0 aliphatic heterocycles. The standard InChI is InChI=1S/C5H13NO5/c1-9-2-3-10-4-5-11-6(7)8/h7-8H,2-5H2,1H3. The molecule has 0 amide bonds. The lowest BCUT2D eigenvalue weighted by Crippen LogP contribution is -2.18. The largest absolute Gasteiger partial charge is 0.382 e. The van der Waals surface area contributed by atoms with Crippen molar-refractivity contribution in [2.75, 3.05) is 33.5 Å². The molecule has 0 aromatic heterocycles. The third kappa shape index (κ3) is 9.76. The highest BCUT2D eigenvalue weighted by atomic mass is 17.1. The molecule has 0 unspecified atom stereocenters. The van der Waals surface area contributed by atoms with Gasteiger partial charge in [0.1, 0.15) is 0 Å². The summed E-state index contributed by atoms with van der Waals surface area (Å²) in [7, 11) is 1.57. The van der Waals surface area contributed by atoms with Gasteiger partial charge in [-0.1, -0.05) is 0 Å². The Morgan fingerprint density at radius 1 is 1.09 bits per heavy atom. The molecule has 0 heterocycles. The fourth-order valence-corrected chi connectivity index (χ4v) is 0.422. The van der Waals surface area contributed by atoms with Gasteiger partial charge in [-0.2, -0.15) is 0 Å². The van der Waals surface area contributed by atoms with Crippen LogP contribution in [0.1, 0.15) is 0 Å². The first-order valence-corrected chi connectivity index (χ1v) is 3.15. The molecule has 0 aromatic carbocycles. The van der Waals surface area contributed by atoms with Gasteiger partial charge in [-0.3, -0.25) is 10.4 Å². The van der Waals surface area contributed by atoms with Crippen LogP contribution in [0.4, 0.5) is 0 Å². The van der Waals surface area contributed by atoms with Gasteiger partial charge in [0.05, 0.1) is 31.8 Å². The zero-order chi connectivity index (χ0) is 8.53. The minimum Gasteiger partial charge on any atom is -0.382 e. The fourth-order valence-electron chi connectivity index (χ4n) is 0.422. The summed E-state index contributed by atoms with van der Waals surface area (Å²) < 4.78 is 9.62. The molecule has 0 radical (unpaired) electrons. The Labute approximate surface area is 64.8 Å². The molecule has 2 N–H and O–H groups in total. The van der Waals surface area contributed by atoms with Crippen LogP contribution in [-0.4, -0.2) is 49.3 Å². The Balaban J connectivity index is 2.80. The van der Waals surface area contributed by atoms with Crippen molar-refractivity contribution in [1.29, 1.82) is 0 Å². The van der Waals surface area contributed by atoms with Crippen molar-refractivity contribution in [2.45, 2.75) is 0 Å². The van der Waals surface area contributed by atoms with E-state index in [1.54, 1.807) is 7.11 Å². The van der Waals surface area contributed by atoms with Crippen LogP contribution in [0.5, 0.6) is 0 Å². The van der Waals surface area contributed by atoms with Crippen LogP contribution in [0.3, 0.4) is 0 Å². The molecule has 68 valence electrons. The Kier molecular flexibility index (Phi) is 7.69. The second-order valence-electron chi connectivity index (χ2n) is 1.69. The van der Waals surface area contributed by atoms with Gasteiger partial charge in [0.15, 0.2) is 0 Å². The van der Waals surface area contributed by atoms with E-state index < -0.39 is 0 Å². The molecule has 0 saturated heterocycles. The Morgan fingerprint density at radius 2 is 1.73 bits per heavy atom. The third-order valence-electron chi connectivity index (χ3n) is 0.866. The lowest BCUT2D eigenvalue weighted by molar-refractivity contribution is -0.493. The highest BCUT2D eigenvalue weighted by Crippen LogP contribution is 1.80. The van der Waals surface area contributed by atoms with Crippen molar-refractivity contribution < 1.29 is 24.7 Å². The first kappa shape index (κ1) is 10.8. The zero-order valence-electron chi connectivity index (χ0n) is 6.39. The molecule has 0 spiro atoms. The number of nitrogens with zero attached hydrogens (tertiary/aromatic N) is 1. The highest BCUT2D eigenvalue weighted by Gasteiger charge is 1.92. The molecule has 6 heteroatoms. The SMILES string of the molecule is COCCOCCON(O)O. The first-order chi connectivity index (χ1) is 5.27. The molecule has 6 nitrogen and oxygen atoms in total. The van der Waals surface area contributed by atoms with Crippen LogP contribution in [0.2, 0.25) is 0 Å². The first-order valence-electron chi connectivity index (χ1n) is 3.15. The van der Waals surface area contributed by atoms with E-state index in [0.29, 0.717) is 19.8 Å². The molecule has 0 aliphatic rings. The summed E-state index contributed by atoms with van der Waals surface area (Å²) in [4.78, 5) is 4.20. The van der Waals surface area contributed by atoms with Gasteiger partial charge in [0.25, 0.3) is 0 Å². The van der Waals surface area contributed by atoms with Crippen LogP contribution >= 0.6 is 0 Å². The van der Waals surface area contributed by atoms with E-state index in [0.717, 1.165) is 0 Å². The molecule has 0 rings (SSSR count). The van der Waals surface area contributed by atoms with E-state index in [4.69, 9.17) is 19.9 Å². The lowest BCUT2D eigenvalue weighted by Gasteiger charge is -2.06. The predicted molar refractivity (Wildman–Crippen MR) is 34.1 cm³/mol. The summed E-state index contributed by atoms with van der Waals surface area (Å²) >= 11 is 0. The molecule has 11 heavy (non-hydrogen) atoms. The maximum atomic E-state index is 8.04. The van der Waals surface area contributed by atoms with Crippen molar-refractivity contribution in [3.8, 4) is 0 Å². The zero-order valence-corrected chi connectivity index (χ0v) is 6.39. The van der Waals surface area contributed by atoms with Crippen LogP contribution in [0, 0.1) is 0 Å². The second-order valence-corrected chi connectivity index (χ2v) is 1.69. The molecule has 0 saturated carbocycles. The van der Waals surface area contributed by atoms with Crippen molar-refractivity contribution in [3.63, 3.8) is 0 Å². The highest BCUT2D eigenvalue weighted by molar-refractivity contribution is 4.27. The number of ether oxygens (including phenoxy) is 2. The van der Waals surface area contributed by atoms with E-state index in [9.17, 15) is 0 Å². The average Bonchev–Trinajstić information content (AvgIpc) is 1.96. The van der Waals surface area contributed by atoms with E-state index in [-0.39, 0.29) is 12.0 Å². The second kappa shape index (κ2) is 7.86. The van der Waals surface area contributed by atoms with E-state index in [1.807, 2.05) is 0 Å². The van der Waals surface area contributed by atoms with Gasteiger partial charge < -0.3 is 9.47 Å². The molecular formula is C5H13NO5. The maximum Gasteiger partial charge on any atom is 0.0969 e. The van der Waals surface area contributed by atoms with Crippen molar-refractivity contribution >= 4 is 0 Å². The molecule has 0 fully saturated rings. The van der Waals surface area contributed by atoms with Crippen LogP contribution < -0.4 is 0 Å². The number of methoxy groups -OCH3 is 1. The van der Waals surface area contributed by atoms with Crippen LogP contribution in [0.15, 0.2) is 0 Å².